The molecule has 2 rings (SSSR count). The second-order valence-corrected chi connectivity index (χ2v) is 5.09. The Balaban J connectivity index is 2.42. The number of nitrogens with zero attached hydrogens (tertiary/aromatic N) is 1. The van der Waals surface area contributed by atoms with Crippen molar-refractivity contribution >= 4 is 5.88 Å². The maximum atomic E-state index is 13.1. The summed E-state index contributed by atoms with van der Waals surface area (Å²) < 4.78 is 18.2. The second kappa shape index (κ2) is 6.55. The summed E-state index contributed by atoms with van der Waals surface area (Å²) in [5.74, 6) is 0.388. The Labute approximate surface area is 119 Å². The van der Waals surface area contributed by atoms with Gasteiger partial charge in [0.05, 0.1) is 11.3 Å². The van der Waals surface area contributed by atoms with Gasteiger partial charge in [0.1, 0.15) is 5.82 Å². The summed E-state index contributed by atoms with van der Waals surface area (Å²) in [6, 6.07) is 6.30. The predicted molar refractivity (Wildman–Crippen MR) is 78.9 cm³/mol. The molecule has 1 aromatic carbocycles. The molecule has 2 N–H and O–H groups in total. The van der Waals surface area contributed by atoms with E-state index in [0.717, 1.165) is 42.5 Å². The van der Waals surface area contributed by atoms with Gasteiger partial charge in [0.2, 0.25) is 5.88 Å². The Kier molecular flexibility index (Phi) is 4.77. The minimum Gasteiger partial charge on any atom is -0.367 e. The van der Waals surface area contributed by atoms with Crippen LogP contribution in [0.15, 0.2) is 28.8 Å². The average Bonchev–Trinajstić information content (AvgIpc) is 2.81. The Morgan fingerprint density at radius 3 is 2.30 bits per heavy atom. The summed E-state index contributed by atoms with van der Waals surface area (Å²) in [7, 11) is 0. The zero-order chi connectivity index (χ0) is 14.5. The smallest absolute Gasteiger partial charge is 0.230 e. The second-order valence-electron chi connectivity index (χ2n) is 5.09. The molecule has 0 atom stereocenters. The molecule has 0 fully saturated rings. The highest BCUT2D eigenvalue weighted by molar-refractivity contribution is 5.75. The fourth-order valence-electron chi connectivity index (χ4n) is 2.62. The molecule has 0 amide bonds. The van der Waals surface area contributed by atoms with Gasteiger partial charge in [-0.2, -0.15) is 0 Å². The molecule has 0 unspecified atom stereocenters. The topological polar surface area (TPSA) is 52.0 Å². The van der Waals surface area contributed by atoms with E-state index in [1.165, 1.54) is 12.1 Å². The zero-order valence-corrected chi connectivity index (χ0v) is 12.0. The number of aromatic nitrogens is 1. The van der Waals surface area contributed by atoms with Crippen molar-refractivity contribution in [3.05, 3.63) is 35.8 Å². The number of hydrogen-bond acceptors (Lipinski definition) is 3. The number of nitrogen functional groups attached to an aromatic ring is 1. The Morgan fingerprint density at radius 2 is 1.75 bits per heavy atom. The van der Waals surface area contributed by atoms with Crippen LogP contribution < -0.4 is 5.73 Å². The Morgan fingerprint density at radius 1 is 1.15 bits per heavy atom. The first kappa shape index (κ1) is 14.6. The van der Waals surface area contributed by atoms with Crippen molar-refractivity contribution in [3.8, 4) is 11.1 Å². The van der Waals surface area contributed by atoms with Crippen LogP contribution in [0.4, 0.5) is 10.3 Å². The van der Waals surface area contributed by atoms with Crippen LogP contribution in [-0.2, 0) is 0 Å². The van der Waals surface area contributed by atoms with E-state index >= 15 is 0 Å². The summed E-state index contributed by atoms with van der Waals surface area (Å²) in [5.41, 5.74) is 8.49. The molecule has 0 saturated carbocycles. The quantitative estimate of drug-likeness (QED) is 0.828. The van der Waals surface area contributed by atoms with Gasteiger partial charge in [-0.15, -0.1) is 0 Å². The first-order valence-corrected chi connectivity index (χ1v) is 7.18. The summed E-state index contributed by atoms with van der Waals surface area (Å²) in [6.07, 6.45) is 4.27. The van der Waals surface area contributed by atoms with Gasteiger partial charge < -0.3 is 10.3 Å². The van der Waals surface area contributed by atoms with Crippen LogP contribution in [0, 0.1) is 5.82 Å². The van der Waals surface area contributed by atoms with E-state index in [9.17, 15) is 4.39 Å². The fourth-order valence-corrected chi connectivity index (χ4v) is 2.62. The summed E-state index contributed by atoms with van der Waals surface area (Å²) in [6.45, 7) is 4.31. The summed E-state index contributed by atoms with van der Waals surface area (Å²) in [5, 5.41) is 4.16. The van der Waals surface area contributed by atoms with Crippen LogP contribution in [-0.4, -0.2) is 5.16 Å². The lowest BCUT2D eigenvalue weighted by atomic mass is 9.90. The minimum absolute atomic E-state index is 0.260. The van der Waals surface area contributed by atoms with Crippen LogP contribution in [0.5, 0.6) is 0 Å². The lowest BCUT2D eigenvalue weighted by Crippen LogP contribution is -2.01. The van der Waals surface area contributed by atoms with Gasteiger partial charge in [0, 0.05) is 5.92 Å². The molecule has 0 saturated heterocycles. The van der Waals surface area contributed by atoms with Crippen molar-refractivity contribution in [1.29, 1.82) is 0 Å². The number of halogens is 1. The fraction of sp³-hybridized carbons (Fsp3) is 0.438. The van der Waals surface area contributed by atoms with Crippen LogP contribution in [0.25, 0.3) is 11.1 Å². The molecule has 0 spiro atoms. The zero-order valence-electron chi connectivity index (χ0n) is 12.0. The van der Waals surface area contributed by atoms with Crippen LogP contribution in [0.2, 0.25) is 0 Å². The highest BCUT2D eigenvalue weighted by Crippen LogP contribution is 2.37. The average molecular weight is 276 g/mol. The van der Waals surface area contributed by atoms with E-state index in [1.807, 2.05) is 0 Å². The normalized spacial score (nSPS) is 11.2. The number of benzene rings is 1. The molecule has 0 radical (unpaired) electrons. The van der Waals surface area contributed by atoms with Crippen LogP contribution in [0.1, 0.15) is 51.1 Å². The lowest BCUT2D eigenvalue weighted by molar-refractivity contribution is 0.411. The third-order valence-electron chi connectivity index (χ3n) is 3.54. The third kappa shape index (κ3) is 3.00. The summed E-state index contributed by atoms with van der Waals surface area (Å²) in [4.78, 5) is 0. The van der Waals surface area contributed by atoms with Crippen molar-refractivity contribution in [2.75, 3.05) is 5.73 Å². The van der Waals surface area contributed by atoms with E-state index in [0.29, 0.717) is 11.8 Å². The van der Waals surface area contributed by atoms with Gasteiger partial charge >= 0.3 is 0 Å². The lowest BCUT2D eigenvalue weighted by Gasteiger charge is -2.14. The van der Waals surface area contributed by atoms with Crippen molar-refractivity contribution in [2.24, 2.45) is 0 Å². The number of nitrogens with two attached hydrogens (primary N) is 1. The maximum absolute atomic E-state index is 13.1. The number of anilines is 1. The van der Waals surface area contributed by atoms with E-state index in [-0.39, 0.29) is 5.82 Å². The van der Waals surface area contributed by atoms with Gasteiger partial charge in [-0.3, -0.25) is 0 Å². The van der Waals surface area contributed by atoms with Crippen molar-refractivity contribution in [3.63, 3.8) is 0 Å². The molecule has 0 bridgehead atoms. The molecule has 0 aliphatic rings. The van der Waals surface area contributed by atoms with Gasteiger partial charge in [-0.05, 0) is 30.5 Å². The number of hydrogen-bond donors (Lipinski definition) is 1. The molecule has 0 aliphatic carbocycles. The molecule has 2 aromatic rings. The number of rotatable bonds is 6. The predicted octanol–water partition coefficient (Wildman–Crippen LogP) is 4.75. The summed E-state index contributed by atoms with van der Waals surface area (Å²) >= 11 is 0. The maximum Gasteiger partial charge on any atom is 0.230 e. The van der Waals surface area contributed by atoms with Gasteiger partial charge in [-0.1, -0.05) is 44.0 Å². The minimum atomic E-state index is -0.260. The highest BCUT2D eigenvalue weighted by Gasteiger charge is 2.22. The van der Waals surface area contributed by atoms with Crippen molar-refractivity contribution in [2.45, 2.75) is 45.4 Å². The highest BCUT2D eigenvalue weighted by atomic mass is 19.1. The molecule has 1 heterocycles. The monoisotopic (exact) mass is 276 g/mol. The Bertz CT molecular complexity index is 542. The van der Waals surface area contributed by atoms with Gasteiger partial charge in [-0.25, -0.2) is 4.39 Å². The molecule has 4 heteroatoms. The van der Waals surface area contributed by atoms with Gasteiger partial charge in [0.15, 0.2) is 0 Å². The van der Waals surface area contributed by atoms with Crippen molar-refractivity contribution < 1.29 is 8.91 Å². The molecule has 108 valence electrons. The molecular weight excluding hydrogens is 255 g/mol. The van der Waals surface area contributed by atoms with E-state index in [2.05, 4.69) is 19.0 Å². The molecular formula is C16H21FN2O. The van der Waals surface area contributed by atoms with Gasteiger partial charge in [0.25, 0.3) is 0 Å². The SMILES string of the molecule is CCCC(CCC)c1noc(N)c1-c1ccc(F)cc1. The van der Waals surface area contributed by atoms with Crippen LogP contribution in [0.3, 0.4) is 0 Å². The van der Waals surface area contributed by atoms with E-state index < -0.39 is 0 Å². The third-order valence-corrected chi connectivity index (χ3v) is 3.54. The first-order chi connectivity index (χ1) is 9.67. The van der Waals surface area contributed by atoms with E-state index in [1.54, 1.807) is 12.1 Å². The Hall–Kier alpha value is -1.84. The standard InChI is InChI=1S/C16H21FN2O/c1-3-5-12(6-4-2)15-14(16(18)20-19-15)11-7-9-13(17)10-8-11/h7-10,12H,3-6,18H2,1-2H3. The molecule has 3 nitrogen and oxygen atoms in total. The van der Waals surface area contributed by atoms with E-state index in [4.69, 9.17) is 10.3 Å². The van der Waals surface area contributed by atoms with Crippen molar-refractivity contribution in [1.82, 2.24) is 5.16 Å². The first-order valence-electron chi connectivity index (χ1n) is 7.18. The largest absolute Gasteiger partial charge is 0.367 e. The molecule has 1 aromatic heterocycles. The molecule has 20 heavy (non-hydrogen) atoms. The molecule has 0 aliphatic heterocycles. The van der Waals surface area contributed by atoms with Crippen LogP contribution >= 0.6 is 0 Å².